The second kappa shape index (κ2) is 4.39. The van der Waals surface area contributed by atoms with Gasteiger partial charge in [0.15, 0.2) is 0 Å². The maximum absolute atomic E-state index is 11.0. The van der Waals surface area contributed by atoms with Crippen LogP contribution in [-0.2, 0) is 9.59 Å². The molecule has 1 heterocycles. The number of ketones is 1. The van der Waals surface area contributed by atoms with Gasteiger partial charge in [0, 0.05) is 6.20 Å². The third-order valence-corrected chi connectivity index (χ3v) is 2.03. The molecule has 0 aliphatic rings. The summed E-state index contributed by atoms with van der Waals surface area (Å²) in [7, 11) is 0. The van der Waals surface area contributed by atoms with Gasteiger partial charge in [-0.05, 0) is 12.1 Å². The Bertz CT molecular complexity index is 328. The molecule has 1 unspecified atom stereocenters. The number of Topliss-reactive ketones (excluding diaryl/α,β-unsaturated/α-hetero) is 1. The Hall–Kier alpha value is -0.870. The number of alkyl halides is 1. The minimum absolute atomic E-state index is 0.358. The Labute approximate surface area is 85.5 Å². The third kappa shape index (κ3) is 2.54. The summed E-state index contributed by atoms with van der Waals surface area (Å²) in [4.78, 5) is 25.4. The molecule has 0 fully saturated rings. The zero-order valence-electron chi connectivity index (χ0n) is 6.48. The van der Waals surface area contributed by atoms with Gasteiger partial charge in [-0.1, -0.05) is 18.7 Å². The van der Waals surface area contributed by atoms with E-state index >= 15 is 0 Å². The molecule has 68 valence electrons. The molecule has 0 aliphatic carbocycles. The van der Waals surface area contributed by atoms with Gasteiger partial charge in [0.25, 0.3) is 5.12 Å². The molecule has 1 atom stereocenters. The van der Waals surface area contributed by atoms with E-state index in [1.807, 2.05) is 0 Å². The number of thiol groups is 1. The van der Waals surface area contributed by atoms with E-state index in [0.29, 0.717) is 5.69 Å². The first-order valence-electron chi connectivity index (χ1n) is 3.45. The monoisotopic (exact) mass is 215 g/mol. The van der Waals surface area contributed by atoms with Crippen molar-refractivity contribution in [2.75, 3.05) is 0 Å². The Balaban J connectivity index is 2.86. The van der Waals surface area contributed by atoms with E-state index < -0.39 is 16.3 Å². The van der Waals surface area contributed by atoms with Crippen molar-refractivity contribution < 1.29 is 9.59 Å². The van der Waals surface area contributed by atoms with Crippen molar-refractivity contribution in [2.24, 2.45) is 0 Å². The first-order valence-corrected chi connectivity index (χ1v) is 4.33. The van der Waals surface area contributed by atoms with Gasteiger partial charge in [-0.25, -0.2) is 0 Å². The van der Waals surface area contributed by atoms with Crippen molar-refractivity contribution in [1.29, 1.82) is 0 Å². The number of nitrogens with zero attached hydrogens (tertiary/aromatic N) is 1. The van der Waals surface area contributed by atoms with E-state index in [9.17, 15) is 9.59 Å². The van der Waals surface area contributed by atoms with Crippen molar-refractivity contribution in [3.63, 3.8) is 0 Å². The highest BCUT2D eigenvalue weighted by molar-refractivity contribution is 7.98. The van der Waals surface area contributed by atoms with Crippen LogP contribution in [0.2, 0.25) is 0 Å². The first kappa shape index (κ1) is 10.2. The van der Waals surface area contributed by atoms with Crippen molar-refractivity contribution in [3.8, 4) is 0 Å². The maximum Gasteiger partial charge on any atom is 0.254 e. The smallest absolute Gasteiger partial charge is 0.254 e. The number of hydrogen-bond acceptors (Lipinski definition) is 3. The fourth-order valence-electron chi connectivity index (χ4n) is 0.769. The quantitative estimate of drug-likeness (QED) is 0.471. The van der Waals surface area contributed by atoms with E-state index in [-0.39, 0.29) is 0 Å². The Morgan fingerprint density at radius 3 is 2.62 bits per heavy atom. The van der Waals surface area contributed by atoms with Crippen LogP contribution in [0.4, 0.5) is 0 Å². The number of carbonyl (C=O) groups excluding carboxylic acids is 2. The number of pyridine rings is 1. The maximum atomic E-state index is 11.0. The van der Waals surface area contributed by atoms with E-state index in [4.69, 9.17) is 11.6 Å². The predicted octanol–water partition coefficient (Wildman–Crippen LogP) is 1.39. The summed E-state index contributed by atoms with van der Waals surface area (Å²) in [6, 6.07) is 4.96. The normalized spacial score (nSPS) is 12.2. The highest BCUT2D eigenvalue weighted by Crippen LogP contribution is 2.19. The topological polar surface area (TPSA) is 47.0 Å². The number of hydrogen-bond donors (Lipinski definition) is 1. The fourth-order valence-corrected chi connectivity index (χ4v) is 1.20. The highest BCUT2D eigenvalue weighted by atomic mass is 35.5. The van der Waals surface area contributed by atoms with Crippen LogP contribution in [0.15, 0.2) is 24.4 Å². The third-order valence-electron chi connectivity index (χ3n) is 1.39. The second-order valence-electron chi connectivity index (χ2n) is 2.29. The van der Waals surface area contributed by atoms with Crippen LogP contribution < -0.4 is 0 Å². The average molecular weight is 216 g/mol. The lowest BCUT2D eigenvalue weighted by Crippen LogP contribution is -2.14. The Kier molecular flexibility index (Phi) is 3.45. The van der Waals surface area contributed by atoms with Crippen LogP contribution in [0.3, 0.4) is 0 Å². The van der Waals surface area contributed by atoms with Gasteiger partial charge in [-0.15, -0.1) is 11.6 Å². The van der Waals surface area contributed by atoms with E-state index in [1.165, 1.54) is 6.20 Å². The molecule has 0 radical (unpaired) electrons. The fraction of sp³-hybridized carbons (Fsp3) is 0.125. The van der Waals surface area contributed by atoms with Gasteiger partial charge in [0.2, 0.25) is 5.78 Å². The molecule has 13 heavy (non-hydrogen) atoms. The van der Waals surface area contributed by atoms with Crippen LogP contribution in [0, 0.1) is 0 Å². The molecule has 0 saturated heterocycles. The van der Waals surface area contributed by atoms with Gasteiger partial charge in [-0.3, -0.25) is 14.6 Å². The Morgan fingerprint density at radius 1 is 1.46 bits per heavy atom. The van der Waals surface area contributed by atoms with Crippen molar-refractivity contribution >= 4 is 35.1 Å². The SMILES string of the molecule is O=C(S)C(=O)C(Cl)c1ccccn1. The molecular formula is C8H6ClNO2S. The van der Waals surface area contributed by atoms with Gasteiger partial charge >= 0.3 is 0 Å². The summed E-state index contributed by atoms with van der Waals surface area (Å²) in [6.07, 6.45) is 1.50. The molecule has 3 nitrogen and oxygen atoms in total. The summed E-state index contributed by atoms with van der Waals surface area (Å²) >= 11 is 9.05. The molecule has 0 aliphatic heterocycles. The lowest BCUT2D eigenvalue weighted by Gasteiger charge is -2.03. The minimum Gasteiger partial charge on any atom is -0.288 e. The van der Waals surface area contributed by atoms with E-state index in [0.717, 1.165) is 0 Å². The largest absolute Gasteiger partial charge is 0.288 e. The molecule has 0 aromatic carbocycles. The second-order valence-corrected chi connectivity index (χ2v) is 3.13. The summed E-state index contributed by atoms with van der Waals surface area (Å²) < 4.78 is 0. The van der Waals surface area contributed by atoms with Crippen molar-refractivity contribution in [2.45, 2.75) is 5.38 Å². The van der Waals surface area contributed by atoms with Crippen LogP contribution in [0.5, 0.6) is 0 Å². The standard InChI is InChI=1S/C8H6ClNO2S/c9-6(7(11)8(12)13)5-3-1-2-4-10-5/h1-4,6H,(H,12,13). The van der Waals surface area contributed by atoms with Crippen molar-refractivity contribution in [1.82, 2.24) is 4.98 Å². The van der Waals surface area contributed by atoms with Crippen LogP contribution >= 0.6 is 24.2 Å². The minimum atomic E-state index is -1.04. The molecule has 0 saturated carbocycles. The molecule has 0 spiro atoms. The lowest BCUT2D eigenvalue weighted by atomic mass is 10.2. The molecule has 0 bridgehead atoms. The first-order chi connectivity index (χ1) is 6.13. The van der Waals surface area contributed by atoms with Gasteiger partial charge < -0.3 is 0 Å². The summed E-state index contributed by atoms with van der Waals surface area (Å²) in [6.45, 7) is 0. The zero-order chi connectivity index (χ0) is 9.84. The number of aromatic nitrogens is 1. The van der Waals surface area contributed by atoms with Gasteiger partial charge in [0.1, 0.15) is 5.38 Å². The van der Waals surface area contributed by atoms with Crippen molar-refractivity contribution in [3.05, 3.63) is 30.1 Å². The van der Waals surface area contributed by atoms with E-state index in [1.54, 1.807) is 18.2 Å². The molecule has 1 aromatic heterocycles. The predicted molar refractivity (Wildman–Crippen MR) is 51.8 cm³/mol. The molecule has 0 N–H and O–H groups in total. The number of rotatable bonds is 3. The summed E-state index contributed by atoms with van der Waals surface area (Å²) in [5.74, 6) is -0.760. The van der Waals surface area contributed by atoms with Gasteiger partial charge in [0.05, 0.1) is 5.69 Å². The lowest BCUT2D eigenvalue weighted by molar-refractivity contribution is -0.131. The summed E-state index contributed by atoms with van der Waals surface area (Å²) in [5, 5.41) is -1.89. The average Bonchev–Trinajstić information content (AvgIpc) is 2.17. The summed E-state index contributed by atoms with van der Waals surface area (Å²) in [5.41, 5.74) is 0.358. The molecule has 1 aromatic rings. The van der Waals surface area contributed by atoms with E-state index in [2.05, 4.69) is 17.6 Å². The zero-order valence-corrected chi connectivity index (χ0v) is 8.13. The molecule has 5 heteroatoms. The Morgan fingerprint density at radius 2 is 2.15 bits per heavy atom. The molecular weight excluding hydrogens is 210 g/mol. The van der Waals surface area contributed by atoms with Crippen LogP contribution in [0.25, 0.3) is 0 Å². The molecule has 0 amide bonds. The molecule has 1 rings (SSSR count). The highest BCUT2D eigenvalue weighted by Gasteiger charge is 2.22. The number of halogens is 1. The van der Waals surface area contributed by atoms with Crippen LogP contribution in [0.1, 0.15) is 11.1 Å². The number of carbonyl (C=O) groups is 2. The van der Waals surface area contributed by atoms with Gasteiger partial charge in [-0.2, -0.15) is 0 Å². The van der Waals surface area contributed by atoms with Crippen LogP contribution in [-0.4, -0.2) is 15.9 Å².